The third-order valence-corrected chi connectivity index (χ3v) is 4.23. The number of nitrogens with two attached hydrogens (primary N) is 1. The number of ether oxygens (including phenoxy) is 3. The Balaban J connectivity index is 2.07. The Labute approximate surface area is 164 Å². The molecule has 1 heterocycles. The van der Waals surface area contributed by atoms with Gasteiger partial charge in [0.15, 0.2) is 6.29 Å². The van der Waals surface area contributed by atoms with Crippen LogP contribution >= 0.6 is 0 Å². The predicted molar refractivity (Wildman–Crippen MR) is 98.2 cm³/mol. The summed E-state index contributed by atoms with van der Waals surface area (Å²) in [7, 11) is 0. The third kappa shape index (κ3) is 8.67. The van der Waals surface area contributed by atoms with Crippen molar-refractivity contribution < 1.29 is 39.1 Å². The molecular formula is C17H33N3O8. The van der Waals surface area contributed by atoms with E-state index in [2.05, 4.69) is 10.6 Å². The van der Waals surface area contributed by atoms with E-state index in [9.17, 15) is 19.8 Å². The molecule has 164 valence electrons. The molecule has 11 nitrogen and oxygen atoms in total. The van der Waals surface area contributed by atoms with Crippen LogP contribution in [0.1, 0.15) is 32.6 Å². The zero-order chi connectivity index (χ0) is 20.9. The highest BCUT2D eigenvalue weighted by molar-refractivity contribution is 5.75. The maximum atomic E-state index is 11.7. The van der Waals surface area contributed by atoms with Crippen molar-refractivity contribution in [3.63, 3.8) is 0 Å². The topological polar surface area (TPSA) is 173 Å². The Morgan fingerprint density at radius 1 is 1.11 bits per heavy atom. The number of amides is 2. The van der Waals surface area contributed by atoms with Crippen molar-refractivity contribution in [1.29, 1.82) is 0 Å². The summed E-state index contributed by atoms with van der Waals surface area (Å²) in [5, 5.41) is 34.0. The van der Waals surface area contributed by atoms with Gasteiger partial charge in [0.2, 0.25) is 5.91 Å². The fourth-order valence-corrected chi connectivity index (χ4v) is 2.62. The molecule has 7 N–H and O–H groups in total. The van der Waals surface area contributed by atoms with Crippen LogP contribution < -0.4 is 16.4 Å². The monoisotopic (exact) mass is 407 g/mol. The minimum atomic E-state index is -1.27. The van der Waals surface area contributed by atoms with Gasteiger partial charge in [-0.05, 0) is 26.2 Å². The van der Waals surface area contributed by atoms with Gasteiger partial charge >= 0.3 is 6.09 Å². The van der Waals surface area contributed by atoms with Crippen LogP contribution in [0.5, 0.6) is 0 Å². The van der Waals surface area contributed by atoms with E-state index < -0.39 is 43.3 Å². The van der Waals surface area contributed by atoms with Crippen LogP contribution in [0.15, 0.2) is 0 Å². The van der Waals surface area contributed by atoms with Gasteiger partial charge in [0.1, 0.15) is 18.3 Å². The predicted octanol–water partition coefficient (Wildman–Crippen LogP) is -1.81. The fourth-order valence-electron chi connectivity index (χ4n) is 2.62. The van der Waals surface area contributed by atoms with Gasteiger partial charge in [-0.3, -0.25) is 4.79 Å². The summed E-state index contributed by atoms with van der Waals surface area (Å²) in [6, 6.07) is -0.927. The van der Waals surface area contributed by atoms with Crippen molar-refractivity contribution in [1.82, 2.24) is 10.6 Å². The maximum Gasteiger partial charge on any atom is 0.407 e. The van der Waals surface area contributed by atoms with Gasteiger partial charge in [-0.25, -0.2) is 4.79 Å². The molecule has 1 rings (SSSR count). The fraction of sp³-hybridized carbons (Fsp3) is 0.882. The zero-order valence-corrected chi connectivity index (χ0v) is 16.2. The van der Waals surface area contributed by atoms with E-state index in [-0.39, 0.29) is 12.5 Å². The molecule has 1 aliphatic rings. The smallest absolute Gasteiger partial charge is 0.407 e. The van der Waals surface area contributed by atoms with Crippen molar-refractivity contribution in [3.8, 4) is 0 Å². The number of aliphatic hydroxyl groups is 3. The van der Waals surface area contributed by atoms with Crippen molar-refractivity contribution in [2.75, 3.05) is 32.9 Å². The number of nitrogens with one attached hydrogen (secondary N) is 2. The molecule has 0 spiro atoms. The number of aliphatic hydroxyl groups excluding tert-OH is 3. The highest BCUT2D eigenvalue weighted by Gasteiger charge is 2.42. The van der Waals surface area contributed by atoms with E-state index in [1.54, 1.807) is 6.92 Å². The minimum absolute atomic E-state index is 0.0966. The van der Waals surface area contributed by atoms with E-state index in [0.717, 1.165) is 0 Å². The second-order valence-electron chi connectivity index (χ2n) is 6.46. The Kier molecular flexibility index (Phi) is 12.0. The summed E-state index contributed by atoms with van der Waals surface area (Å²) < 4.78 is 15.5. The van der Waals surface area contributed by atoms with Crippen LogP contribution in [0.25, 0.3) is 0 Å². The van der Waals surface area contributed by atoms with Gasteiger partial charge in [0, 0.05) is 26.1 Å². The average molecular weight is 407 g/mol. The molecule has 0 saturated carbocycles. The third-order valence-electron chi connectivity index (χ3n) is 4.23. The van der Waals surface area contributed by atoms with Gasteiger partial charge in [-0.1, -0.05) is 0 Å². The van der Waals surface area contributed by atoms with E-state index in [0.29, 0.717) is 45.4 Å². The highest BCUT2D eigenvalue weighted by Crippen LogP contribution is 2.20. The van der Waals surface area contributed by atoms with Crippen LogP contribution in [-0.4, -0.2) is 90.9 Å². The summed E-state index contributed by atoms with van der Waals surface area (Å²) in [6.07, 6.45) is -2.78. The summed E-state index contributed by atoms with van der Waals surface area (Å²) in [6.45, 7) is 2.71. The SMILES string of the molecule is CCOC(=O)NCCCNC(=O)CCCCO[C@@H]1OC(CO)[C@H](O)C(O)[C@@H]1N. The lowest BCUT2D eigenvalue weighted by molar-refractivity contribution is -0.265. The van der Waals surface area contributed by atoms with Gasteiger partial charge in [0.05, 0.1) is 19.3 Å². The lowest BCUT2D eigenvalue weighted by atomic mass is 9.98. The van der Waals surface area contributed by atoms with Crippen LogP contribution in [0.4, 0.5) is 4.79 Å². The molecule has 1 saturated heterocycles. The van der Waals surface area contributed by atoms with Crippen LogP contribution in [-0.2, 0) is 19.0 Å². The number of unbranched alkanes of at least 4 members (excludes halogenated alkanes) is 1. The molecule has 11 heteroatoms. The Hall–Kier alpha value is -1.50. The molecular weight excluding hydrogens is 374 g/mol. The normalized spacial score (nSPS) is 27.2. The molecule has 2 unspecified atom stereocenters. The Morgan fingerprint density at radius 3 is 2.50 bits per heavy atom. The molecule has 0 aromatic heterocycles. The molecule has 0 aromatic carbocycles. The molecule has 2 amide bonds. The van der Waals surface area contributed by atoms with Crippen molar-refractivity contribution in [2.45, 2.75) is 63.3 Å². The number of carbonyl (C=O) groups excluding carboxylic acids is 2. The first-order valence-corrected chi connectivity index (χ1v) is 9.57. The summed E-state index contributed by atoms with van der Waals surface area (Å²) in [5.41, 5.74) is 5.77. The van der Waals surface area contributed by atoms with Crippen molar-refractivity contribution in [2.24, 2.45) is 5.73 Å². The summed E-state index contributed by atoms with van der Waals surface area (Å²) in [4.78, 5) is 22.8. The molecule has 28 heavy (non-hydrogen) atoms. The Morgan fingerprint density at radius 2 is 1.82 bits per heavy atom. The number of hydrogen-bond acceptors (Lipinski definition) is 9. The second-order valence-corrected chi connectivity index (χ2v) is 6.46. The maximum absolute atomic E-state index is 11.7. The van der Waals surface area contributed by atoms with Gasteiger partial charge in [0.25, 0.3) is 0 Å². The lowest BCUT2D eigenvalue weighted by Gasteiger charge is -2.40. The standard InChI is InChI=1S/C17H33N3O8/c1-2-26-17(25)20-8-5-7-19-12(22)6-3-4-9-27-16-13(18)15(24)14(23)11(10-21)28-16/h11,13-16,21,23-24H,2-10,18H2,1H3,(H,19,22)(H,20,25)/t11?,13-,14-,15?,16+/m0/s1. The quantitative estimate of drug-likeness (QED) is 0.204. The second kappa shape index (κ2) is 13.6. The van der Waals surface area contributed by atoms with Gasteiger partial charge in [-0.15, -0.1) is 0 Å². The zero-order valence-electron chi connectivity index (χ0n) is 16.2. The average Bonchev–Trinajstić information content (AvgIpc) is 2.67. The van der Waals surface area contributed by atoms with Gasteiger partial charge in [-0.2, -0.15) is 0 Å². The molecule has 0 radical (unpaired) electrons. The first-order valence-electron chi connectivity index (χ1n) is 9.57. The number of hydrogen-bond donors (Lipinski definition) is 6. The summed E-state index contributed by atoms with van der Waals surface area (Å²) in [5.74, 6) is -0.0966. The lowest BCUT2D eigenvalue weighted by Crippen LogP contribution is -2.62. The van der Waals surface area contributed by atoms with E-state index in [1.807, 2.05) is 0 Å². The molecule has 0 aromatic rings. The molecule has 0 bridgehead atoms. The molecule has 0 aliphatic carbocycles. The largest absolute Gasteiger partial charge is 0.450 e. The highest BCUT2D eigenvalue weighted by atomic mass is 16.7. The molecule has 1 fully saturated rings. The molecule has 1 aliphatic heterocycles. The summed E-state index contributed by atoms with van der Waals surface area (Å²) >= 11 is 0. The van der Waals surface area contributed by atoms with E-state index in [4.69, 9.17) is 25.1 Å². The minimum Gasteiger partial charge on any atom is -0.450 e. The number of alkyl carbamates (subject to hydrolysis) is 1. The van der Waals surface area contributed by atoms with Crippen LogP contribution in [0, 0.1) is 0 Å². The van der Waals surface area contributed by atoms with Crippen molar-refractivity contribution >= 4 is 12.0 Å². The van der Waals surface area contributed by atoms with Crippen LogP contribution in [0.3, 0.4) is 0 Å². The number of rotatable bonds is 12. The molecule has 5 atom stereocenters. The first-order chi connectivity index (χ1) is 13.4. The Bertz CT molecular complexity index is 466. The van der Waals surface area contributed by atoms with Gasteiger partial charge < -0.3 is 45.9 Å². The number of carbonyl (C=O) groups is 2. The van der Waals surface area contributed by atoms with E-state index in [1.165, 1.54) is 0 Å². The van der Waals surface area contributed by atoms with Crippen molar-refractivity contribution in [3.05, 3.63) is 0 Å². The first kappa shape index (κ1) is 24.5. The van der Waals surface area contributed by atoms with Crippen LogP contribution in [0.2, 0.25) is 0 Å². The van der Waals surface area contributed by atoms with E-state index >= 15 is 0 Å².